The molecule has 0 aliphatic rings. The van der Waals surface area contributed by atoms with Crippen molar-refractivity contribution in [2.75, 3.05) is 13.1 Å². The minimum atomic E-state index is 0.343. The van der Waals surface area contributed by atoms with Crippen molar-refractivity contribution in [2.24, 2.45) is 5.92 Å². The monoisotopic (exact) mass is 269 g/mol. The normalized spacial score (nSPS) is 12.6. The van der Waals surface area contributed by atoms with Crippen LogP contribution in [0.15, 0.2) is 0 Å². The summed E-state index contributed by atoms with van der Waals surface area (Å²) in [4.78, 5) is 2.66. The quantitative estimate of drug-likeness (QED) is 0.400. The minimum absolute atomic E-state index is 0.343. The van der Waals surface area contributed by atoms with Gasteiger partial charge in [0.2, 0.25) is 0 Å². The Morgan fingerprint density at radius 2 is 1.26 bits per heavy atom. The van der Waals surface area contributed by atoms with E-state index in [2.05, 4.69) is 46.4 Å². The van der Waals surface area contributed by atoms with Crippen LogP contribution in [0.3, 0.4) is 0 Å². The van der Waals surface area contributed by atoms with Crippen LogP contribution in [0.25, 0.3) is 0 Å². The zero-order chi connectivity index (χ0) is 14.7. The molecule has 0 atom stereocenters. The molecule has 0 aliphatic carbocycles. The second-order valence-corrected chi connectivity index (χ2v) is 6.86. The average molecular weight is 270 g/mol. The van der Waals surface area contributed by atoms with Gasteiger partial charge in [-0.15, -0.1) is 0 Å². The predicted octanol–water partition coefficient (Wildman–Crippen LogP) is 5.88. The SMILES string of the molecule is CCCCCCCCCCN(CC)C(C)(C)C(C)C. The van der Waals surface area contributed by atoms with Gasteiger partial charge in [-0.2, -0.15) is 0 Å². The van der Waals surface area contributed by atoms with E-state index in [0.717, 1.165) is 5.92 Å². The highest BCUT2D eigenvalue weighted by molar-refractivity contribution is 4.83. The van der Waals surface area contributed by atoms with Crippen LogP contribution >= 0.6 is 0 Å². The lowest BCUT2D eigenvalue weighted by Gasteiger charge is -2.41. The average Bonchev–Trinajstić information content (AvgIpc) is 2.36. The third-order valence-electron chi connectivity index (χ3n) is 4.89. The fourth-order valence-electron chi connectivity index (χ4n) is 2.66. The molecule has 0 radical (unpaired) electrons. The number of unbranched alkanes of at least 4 members (excludes halogenated alkanes) is 7. The molecule has 0 saturated carbocycles. The zero-order valence-electron chi connectivity index (χ0n) is 14.6. The number of hydrogen-bond donors (Lipinski definition) is 0. The summed E-state index contributed by atoms with van der Waals surface area (Å²) in [6.45, 7) is 16.5. The lowest BCUT2D eigenvalue weighted by Crippen LogP contribution is -2.48. The van der Waals surface area contributed by atoms with Crippen molar-refractivity contribution >= 4 is 0 Å². The van der Waals surface area contributed by atoms with Gasteiger partial charge in [0.25, 0.3) is 0 Å². The summed E-state index contributed by atoms with van der Waals surface area (Å²) in [5, 5.41) is 0. The second kappa shape index (κ2) is 10.7. The third kappa shape index (κ3) is 7.97. The third-order valence-corrected chi connectivity index (χ3v) is 4.89. The minimum Gasteiger partial charge on any atom is -0.298 e. The van der Waals surface area contributed by atoms with Crippen molar-refractivity contribution < 1.29 is 0 Å². The molecule has 0 rings (SSSR count). The molecule has 0 spiro atoms. The molecular formula is C18H39N. The van der Waals surface area contributed by atoms with E-state index < -0.39 is 0 Å². The van der Waals surface area contributed by atoms with Gasteiger partial charge in [-0.25, -0.2) is 0 Å². The van der Waals surface area contributed by atoms with Crippen LogP contribution in [0.1, 0.15) is 92.9 Å². The molecule has 0 fully saturated rings. The molecule has 1 heteroatoms. The summed E-state index contributed by atoms with van der Waals surface area (Å²) in [7, 11) is 0. The summed E-state index contributed by atoms with van der Waals surface area (Å²) >= 11 is 0. The topological polar surface area (TPSA) is 3.24 Å². The van der Waals surface area contributed by atoms with E-state index >= 15 is 0 Å². The molecule has 0 aromatic rings. The first kappa shape index (κ1) is 19.0. The highest BCUT2D eigenvalue weighted by atomic mass is 15.2. The van der Waals surface area contributed by atoms with Gasteiger partial charge in [0.15, 0.2) is 0 Å². The summed E-state index contributed by atoms with van der Waals surface area (Å²) < 4.78 is 0. The van der Waals surface area contributed by atoms with E-state index in [-0.39, 0.29) is 0 Å². The van der Waals surface area contributed by atoms with E-state index in [1.54, 1.807) is 0 Å². The summed E-state index contributed by atoms with van der Waals surface area (Å²) in [6, 6.07) is 0. The van der Waals surface area contributed by atoms with Crippen LogP contribution in [0.2, 0.25) is 0 Å². The van der Waals surface area contributed by atoms with Gasteiger partial charge in [0, 0.05) is 5.54 Å². The molecule has 0 unspecified atom stereocenters. The predicted molar refractivity (Wildman–Crippen MR) is 88.8 cm³/mol. The van der Waals surface area contributed by atoms with Crippen molar-refractivity contribution in [3.05, 3.63) is 0 Å². The van der Waals surface area contributed by atoms with Crippen LogP contribution in [0.4, 0.5) is 0 Å². The Kier molecular flexibility index (Phi) is 10.7. The van der Waals surface area contributed by atoms with Gasteiger partial charge >= 0.3 is 0 Å². The van der Waals surface area contributed by atoms with Crippen molar-refractivity contribution in [1.82, 2.24) is 4.90 Å². The Hall–Kier alpha value is -0.0400. The number of hydrogen-bond acceptors (Lipinski definition) is 1. The Bertz CT molecular complexity index is 196. The fourth-order valence-corrected chi connectivity index (χ4v) is 2.66. The molecule has 0 heterocycles. The maximum absolute atomic E-state index is 2.66. The molecule has 1 nitrogen and oxygen atoms in total. The summed E-state index contributed by atoms with van der Waals surface area (Å²) in [5.41, 5.74) is 0.343. The maximum Gasteiger partial charge on any atom is 0.0176 e. The first-order valence-corrected chi connectivity index (χ1v) is 8.71. The molecule has 19 heavy (non-hydrogen) atoms. The first-order chi connectivity index (χ1) is 8.96. The molecular weight excluding hydrogens is 230 g/mol. The Labute approximate surface area is 123 Å². The lowest BCUT2D eigenvalue weighted by atomic mass is 9.88. The van der Waals surface area contributed by atoms with Crippen LogP contribution in [-0.4, -0.2) is 23.5 Å². The van der Waals surface area contributed by atoms with Crippen LogP contribution < -0.4 is 0 Å². The smallest absolute Gasteiger partial charge is 0.0176 e. The first-order valence-electron chi connectivity index (χ1n) is 8.71. The van der Waals surface area contributed by atoms with Gasteiger partial charge in [-0.3, -0.25) is 4.90 Å². The Morgan fingerprint density at radius 3 is 1.68 bits per heavy atom. The van der Waals surface area contributed by atoms with Crippen LogP contribution in [-0.2, 0) is 0 Å². The molecule has 0 amide bonds. The summed E-state index contributed by atoms with van der Waals surface area (Å²) in [6.07, 6.45) is 11.3. The zero-order valence-corrected chi connectivity index (χ0v) is 14.6. The largest absolute Gasteiger partial charge is 0.298 e. The molecule has 0 bridgehead atoms. The van der Waals surface area contributed by atoms with Gasteiger partial charge < -0.3 is 0 Å². The molecule has 0 saturated heterocycles. The highest BCUT2D eigenvalue weighted by Gasteiger charge is 2.28. The van der Waals surface area contributed by atoms with Gasteiger partial charge in [-0.1, -0.05) is 72.6 Å². The standard InChI is InChI=1S/C18H39N/c1-7-9-10-11-12-13-14-15-16-19(8-2)18(5,6)17(3)4/h17H,7-16H2,1-6H3. The maximum atomic E-state index is 2.66. The van der Waals surface area contributed by atoms with Gasteiger partial charge in [0.1, 0.15) is 0 Å². The van der Waals surface area contributed by atoms with E-state index in [0.29, 0.717) is 5.54 Å². The van der Waals surface area contributed by atoms with Crippen molar-refractivity contribution in [3.63, 3.8) is 0 Å². The van der Waals surface area contributed by atoms with Gasteiger partial charge in [0.05, 0.1) is 0 Å². The molecule has 0 aromatic carbocycles. The number of rotatable bonds is 12. The molecule has 0 aromatic heterocycles. The van der Waals surface area contributed by atoms with Crippen LogP contribution in [0, 0.1) is 5.92 Å². The molecule has 0 aliphatic heterocycles. The molecule has 116 valence electrons. The van der Waals surface area contributed by atoms with E-state index in [1.165, 1.54) is 64.5 Å². The second-order valence-electron chi connectivity index (χ2n) is 6.86. The molecule has 0 N–H and O–H groups in total. The Balaban J connectivity index is 3.68. The fraction of sp³-hybridized carbons (Fsp3) is 1.00. The van der Waals surface area contributed by atoms with E-state index in [9.17, 15) is 0 Å². The van der Waals surface area contributed by atoms with Crippen molar-refractivity contribution in [1.29, 1.82) is 0 Å². The highest BCUT2D eigenvalue weighted by Crippen LogP contribution is 2.24. The lowest BCUT2D eigenvalue weighted by molar-refractivity contribution is 0.0801. The van der Waals surface area contributed by atoms with Crippen molar-refractivity contribution in [2.45, 2.75) is 98.4 Å². The van der Waals surface area contributed by atoms with Gasteiger partial charge in [-0.05, 0) is 39.3 Å². The summed E-state index contributed by atoms with van der Waals surface area (Å²) in [5.74, 6) is 0.724. The van der Waals surface area contributed by atoms with E-state index in [1.807, 2.05) is 0 Å². The van der Waals surface area contributed by atoms with Crippen LogP contribution in [0.5, 0.6) is 0 Å². The van der Waals surface area contributed by atoms with E-state index in [4.69, 9.17) is 0 Å². The number of nitrogens with zero attached hydrogens (tertiary/aromatic N) is 1. The van der Waals surface area contributed by atoms with Crippen molar-refractivity contribution in [3.8, 4) is 0 Å². The Morgan fingerprint density at radius 1 is 0.789 bits per heavy atom.